The molecule has 8 nitrogen and oxygen atoms in total. The van der Waals surface area contributed by atoms with Gasteiger partial charge in [-0.2, -0.15) is 0 Å². The van der Waals surface area contributed by atoms with Gasteiger partial charge in [-0.1, -0.05) is 18.2 Å². The Morgan fingerprint density at radius 1 is 1.03 bits per heavy atom. The zero-order valence-corrected chi connectivity index (χ0v) is 20.3. The first kappa shape index (κ1) is 26.3. The number of ether oxygens (including phenoxy) is 3. The standard InChI is InChI=1S/C24H26N2O4.C2H4O2/c1-6-25-22(27)20-21(30-23(28)24(3,4)5)18-13-12-17(14-19(18)15(2)26-20)29-16-10-8-7-9-11-16;1-4-2-3/h7-14H,6H2,1-5H3,(H,25,27);2H,1H3. The number of pyridine rings is 1. The Labute approximate surface area is 199 Å². The number of hydrogen-bond donors (Lipinski definition) is 1. The van der Waals surface area contributed by atoms with E-state index in [-0.39, 0.29) is 17.4 Å². The topological polar surface area (TPSA) is 104 Å². The van der Waals surface area contributed by atoms with Crippen molar-refractivity contribution in [2.24, 2.45) is 5.41 Å². The van der Waals surface area contributed by atoms with Crippen molar-refractivity contribution in [3.63, 3.8) is 0 Å². The van der Waals surface area contributed by atoms with Crippen LogP contribution < -0.4 is 14.8 Å². The zero-order chi connectivity index (χ0) is 25.3. The molecule has 0 radical (unpaired) electrons. The number of carbonyl (C=O) groups is 3. The van der Waals surface area contributed by atoms with Crippen LogP contribution in [0.4, 0.5) is 0 Å². The molecule has 3 rings (SSSR count). The fourth-order valence-corrected chi connectivity index (χ4v) is 2.86. The van der Waals surface area contributed by atoms with E-state index in [1.807, 2.05) is 50.2 Å². The molecule has 0 saturated carbocycles. The first-order valence-corrected chi connectivity index (χ1v) is 10.8. The summed E-state index contributed by atoms with van der Waals surface area (Å²) in [6.45, 7) is 9.73. The summed E-state index contributed by atoms with van der Waals surface area (Å²) < 4.78 is 15.5. The van der Waals surface area contributed by atoms with Crippen molar-refractivity contribution in [2.45, 2.75) is 34.6 Å². The van der Waals surface area contributed by atoms with Crippen molar-refractivity contribution >= 4 is 29.1 Å². The molecule has 0 aliphatic carbocycles. The van der Waals surface area contributed by atoms with Crippen molar-refractivity contribution < 1.29 is 28.6 Å². The lowest BCUT2D eigenvalue weighted by Gasteiger charge is -2.20. The van der Waals surface area contributed by atoms with Crippen LogP contribution in [0.25, 0.3) is 10.8 Å². The maximum absolute atomic E-state index is 12.6. The third-order valence-electron chi connectivity index (χ3n) is 4.55. The van der Waals surface area contributed by atoms with Gasteiger partial charge in [0, 0.05) is 23.0 Å². The van der Waals surface area contributed by atoms with Gasteiger partial charge in [-0.3, -0.25) is 14.4 Å². The molecule has 1 N–H and O–H groups in total. The molecule has 1 amide bonds. The van der Waals surface area contributed by atoms with E-state index in [9.17, 15) is 9.59 Å². The van der Waals surface area contributed by atoms with Crippen LogP contribution in [0, 0.1) is 12.3 Å². The van der Waals surface area contributed by atoms with Gasteiger partial charge in [0.1, 0.15) is 11.5 Å². The second kappa shape index (κ2) is 11.8. The number of esters is 1. The van der Waals surface area contributed by atoms with E-state index in [1.54, 1.807) is 32.9 Å². The molecule has 0 fully saturated rings. The third-order valence-corrected chi connectivity index (χ3v) is 4.55. The third kappa shape index (κ3) is 6.78. The molecular formula is C26H30N2O6. The van der Waals surface area contributed by atoms with Crippen LogP contribution in [0.15, 0.2) is 48.5 Å². The highest BCUT2D eigenvalue weighted by atomic mass is 16.5. The minimum atomic E-state index is -0.730. The highest BCUT2D eigenvalue weighted by molar-refractivity contribution is 6.04. The van der Waals surface area contributed by atoms with Gasteiger partial charge in [0.25, 0.3) is 12.4 Å². The number of benzene rings is 2. The van der Waals surface area contributed by atoms with Crippen molar-refractivity contribution in [1.29, 1.82) is 0 Å². The summed E-state index contributed by atoms with van der Waals surface area (Å²) in [5.41, 5.74) is 0.00278. The molecule has 0 spiro atoms. The van der Waals surface area contributed by atoms with Crippen LogP contribution in [-0.2, 0) is 14.3 Å². The van der Waals surface area contributed by atoms with Crippen molar-refractivity contribution in [3.8, 4) is 17.2 Å². The average molecular weight is 467 g/mol. The number of aryl methyl sites for hydroxylation is 1. The van der Waals surface area contributed by atoms with Crippen LogP contribution in [0.1, 0.15) is 43.9 Å². The molecule has 0 aliphatic heterocycles. The Morgan fingerprint density at radius 3 is 2.24 bits per heavy atom. The molecular weight excluding hydrogens is 436 g/mol. The SMILES string of the molecule is CCNC(=O)c1nc(C)c2cc(Oc3ccccc3)ccc2c1OC(=O)C(C)(C)C.COC=O. The fourth-order valence-electron chi connectivity index (χ4n) is 2.86. The van der Waals surface area contributed by atoms with Crippen molar-refractivity contribution in [1.82, 2.24) is 10.3 Å². The van der Waals surface area contributed by atoms with Gasteiger partial charge in [0.05, 0.1) is 12.5 Å². The zero-order valence-electron chi connectivity index (χ0n) is 20.3. The first-order valence-electron chi connectivity index (χ1n) is 10.8. The fraction of sp³-hybridized carbons (Fsp3) is 0.308. The highest BCUT2D eigenvalue weighted by Crippen LogP contribution is 2.35. The molecule has 1 aromatic heterocycles. The summed E-state index contributed by atoms with van der Waals surface area (Å²) in [7, 11) is 1.31. The number of para-hydroxylation sites is 1. The summed E-state index contributed by atoms with van der Waals surface area (Å²) in [5, 5.41) is 4.10. The molecule has 0 bridgehead atoms. The number of fused-ring (bicyclic) bond motifs is 1. The lowest BCUT2D eigenvalue weighted by Crippen LogP contribution is -2.29. The summed E-state index contributed by atoms with van der Waals surface area (Å²) in [5.74, 6) is 0.666. The normalized spacial score (nSPS) is 10.5. The van der Waals surface area contributed by atoms with E-state index in [2.05, 4.69) is 15.0 Å². The number of rotatable bonds is 6. The van der Waals surface area contributed by atoms with E-state index >= 15 is 0 Å². The maximum atomic E-state index is 12.6. The maximum Gasteiger partial charge on any atom is 0.316 e. The molecule has 1 heterocycles. The van der Waals surface area contributed by atoms with Crippen molar-refractivity contribution in [3.05, 3.63) is 59.9 Å². The van der Waals surface area contributed by atoms with Gasteiger partial charge in [-0.15, -0.1) is 0 Å². The molecule has 3 aromatic rings. The van der Waals surface area contributed by atoms with Crippen LogP contribution in [0.3, 0.4) is 0 Å². The van der Waals surface area contributed by atoms with E-state index in [1.165, 1.54) is 7.11 Å². The smallest absolute Gasteiger partial charge is 0.316 e. The van der Waals surface area contributed by atoms with Gasteiger partial charge < -0.3 is 19.5 Å². The second-order valence-corrected chi connectivity index (χ2v) is 8.33. The van der Waals surface area contributed by atoms with Gasteiger partial charge in [0.2, 0.25) is 0 Å². The lowest BCUT2D eigenvalue weighted by atomic mass is 9.97. The second-order valence-electron chi connectivity index (χ2n) is 8.33. The van der Waals surface area contributed by atoms with Crippen LogP contribution >= 0.6 is 0 Å². The highest BCUT2D eigenvalue weighted by Gasteiger charge is 2.28. The van der Waals surface area contributed by atoms with E-state index < -0.39 is 11.4 Å². The van der Waals surface area contributed by atoms with Gasteiger partial charge in [-0.25, -0.2) is 4.98 Å². The monoisotopic (exact) mass is 466 g/mol. The quantitative estimate of drug-likeness (QED) is 0.410. The number of carbonyl (C=O) groups excluding carboxylic acids is 3. The lowest BCUT2D eigenvalue weighted by molar-refractivity contribution is -0.142. The van der Waals surface area contributed by atoms with Crippen LogP contribution in [0.5, 0.6) is 17.2 Å². The van der Waals surface area contributed by atoms with Gasteiger partial charge >= 0.3 is 5.97 Å². The Bertz CT molecular complexity index is 1150. The molecule has 2 aromatic carbocycles. The molecule has 0 unspecified atom stereocenters. The number of aromatic nitrogens is 1. The van der Waals surface area contributed by atoms with Gasteiger partial charge in [0.15, 0.2) is 11.4 Å². The predicted molar refractivity (Wildman–Crippen MR) is 129 cm³/mol. The molecule has 0 atom stereocenters. The number of methoxy groups -OCH3 is 1. The largest absolute Gasteiger partial charge is 0.471 e. The Hall–Kier alpha value is -3.94. The summed E-state index contributed by atoms with van der Waals surface area (Å²) >= 11 is 0. The molecule has 180 valence electrons. The Balaban J connectivity index is 0.000000945. The molecule has 0 saturated heterocycles. The van der Waals surface area contributed by atoms with E-state index in [4.69, 9.17) is 14.3 Å². The number of hydrogen-bond acceptors (Lipinski definition) is 7. The van der Waals surface area contributed by atoms with Crippen LogP contribution in [0.2, 0.25) is 0 Å². The minimum absolute atomic E-state index is 0.0937. The van der Waals surface area contributed by atoms with Crippen molar-refractivity contribution in [2.75, 3.05) is 13.7 Å². The number of amides is 1. The summed E-state index contributed by atoms with van der Waals surface area (Å²) in [4.78, 5) is 38.6. The Kier molecular flexibility index (Phi) is 9.12. The Morgan fingerprint density at radius 2 is 1.68 bits per heavy atom. The predicted octanol–water partition coefficient (Wildman–Crippen LogP) is 4.83. The summed E-state index contributed by atoms with van der Waals surface area (Å²) in [6.07, 6.45) is 0. The number of nitrogens with zero attached hydrogens (tertiary/aromatic N) is 1. The summed E-state index contributed by atoms with van der Waals surface area (Å²) in [6, 6.07) is 14.8. The molecule has 8 heteroatoms. The minimum Gasteiger partial charge on any atom is -0.471 e. The number of nitrogens with one attached hydrogen (secondary N) is 1. The van der Waals surface area contributed by atoms with Crippen LogP contribution in [-0.4, -0.2) is 37.0 Å². The molecule has 0 aliphatic rings. The van der Waals surface area contributed by atoms with E-state index in [0.717, 1.165) is 5.39 Å². The first-order chi connectivity index (χ1) is 16.1. The van der Waals surface area contributed by atoms with Gasteiger partial charge in [-0.05, 0) is 65.0 Å². The molecule has 34 heavy (non-hydrogen) atoms. The van der Waals surface area contributed by atoms with E-state index in [0.29, 0.717) is 35.6 Å². The average Bonchev–Trinajstić information content (AvgIpc) is 2.81.